The molecule has 4 nitrogen and oxygen atoms in total. The number of hydrogen-bond acceptors (Lipinski definition) is 4. The predicted octanol–water partition coefficient (Wildman–Crippen LogP) is 13.2. The maximum atomic E-state index is 6.26. The fraction of sp³-hybridized carbons (Fsp3) is 0.490. The predicted molar refractivity (Wildman–Crippen MR) is 226 cm³/mol. The van der Waals surface area contributed by atoms with Crippen molar-refractivity contribution in [3.63, 3.8) is 0 Å². The summed E-state index contributed by atoms with van der Waals surface area (Å²) in [7, 11) is 0. The summed E-state index contributed by atoms with van der Waals surface area (Å²) in [5.41, 5.74) is 17.0. The largest absolute Gasteiger partial charge is 0.457 e. The summed E-state index contributed by atoms with van der Waals surface area (Å²) < 4.78 is 12.5. The second-order valence-electron chi connectivity index (χ2n) is 19.3. The smallest absolute Gasteiger partial charge is 0.127 e. The molecule has 9 atom stereocenters. The van der Waals surface area contributed by atoms with Gasteiger partial charge in [0.05, 0.1) is 0 Å². The van der Waals surface area contributed by atoms with Crippen LogP contribution in [0.25, 0.3) is 0 Å². The van der Waals surface area contributed by atoms with Crippen molar-refractivity contribution in [1.29, 1.82) is 0 Å². The number of nitrogen functional groups attached to an aromatic ring is 2. The van der Waals surface area contributed by atoms with Crippen LogP contribution in [0.4, 0.5) is 11.4 Å². The van der Waals surface area contributed by atoms with Crippen LogP contribution in [0.1, 0.15) is 103 Å². The molecular formula is C51H62N2O2. The molecule has 4 heteroatoms. The lowest BCUT2D eigenvalue weighted by Gasteiger charge is -2.71. The highest BCUT2D eigenvalue weighted by molar-refractivity contribution is 5.48. The van der Waals surface area contributed by atoms with Gasteiger partial charge in [0, 0.05) is 16.8 Å². The molecule has 4 aromatic carbocycles. The van der Waals surface area contributed by atoms with Crippen molar-refractivity contribution in [2.45, 2.75) is 97.3 Å². The molecule has 0 radical (unpaired) electrons. The molecule has 5 aliphatic carbocycles. The van der Waals surface area contributed by atoms with Gasteiger partial charge in [-0.3, -0.25) is 0 Å². The number of ether oxygens (including phenoxy) is 2. The molecule has 0 saturated heterocycles. The van der Waals surface area contributed by atoms with E-state index in [9.17, 15) is 0 Å². The van der Waals surface area contributed by atoms with E-state index < -0.39 is 0 Å². The summed E-state index contributed by atoms with van der Waals surface area (Å²) in [4.78, 5) is 0. The molecule has 288 valence electrons. The summed E-state index contributed by atoms with van der Waals surface area (Å²) in [6, 6.07) is 33.2. The van der Waals surface area contributed by atoms with Crippen LogP contribution in [-0.4, -0.2) is 0 Å². The molecule has 1 spiro atoms. The quantitative estimate of drug-likeness (QED) is 0.119. The Labute approximate surface area is 330 Å². The second-order valence-corrected chi connectivity index (χ2v) is 19.3. The minimum Gasteiger partial charge on any atom is -0.457 e. The number of allylic oxidation sites excluding steroid dienone is 2. The van der Waals surface area contributed by atoms with E-state index >= 15 is 0 Å². The zero-order valence-electron chi connectivity index (χ0n) is 33.6. The molecule has 9 unspecified atom stereocenters. The van der Waals surface area contributed by atoms with Gasteiger partial charge in [0.2, 0.25) is 0 Å². The maximum Gasteiger partial charge on any atom is 0.127 e. The fourth-order valence-electron chi connectivity index (χ4n) is 13.5. The van der Waals surface area contributed by atoms with Crippen LogP contribution < -0.4 is 20.9 Å². The first-order valence-corrected chi connectivity index (χ1v) is 21.5. The highest BCUT2D eigenvalue weighted by Crippen LogP contribution is 2.77. The minimum absolute atomic E-state index is 0.0926. The van der Waals surface area contributed by atoms with Crippen molar-refractivity contribution in [3.05, 3.63) is 120 Å². The molecule has 0 amide bonds. The fourth-order valence-corrected chi connectivity index (χ4v) is 13.5. The third-order valence-electron chi connectivity index (χ3n) is 15.9. The normalized spacial score (nSPS) is 31.8. The molecule has 0 aromatic heterocycles. The van der Waals surface area contributed by atoms with Gasteiger partial charge in [-0.1, -0.05) is 83.4 Å². The molecule has 55 heavy (non-hydrogen) atoms. The van der Waals surface area contributed by atoms with Gasteiger partial charge in [-0.2, -0.15) is 0 Å². The van der Waals surface area contributed by atoms with Gasteiger partial charge in [0.1, 0.15) is 23.0 Å². The van der Waals surface area contributed by atoms with Crippen molar-refractivity contribution in [2.24, 2.45) is 58.2 Å². The molecule has 4 fully saturated rings. The summed E-state index contributed by atoms with van der Waals surface area (Å²) in [6.45, 7) is 10.1. The lowest BCUT2D eigenvalue weighted by molar-refractivity contribution is -0.200. The topological polar surface area (TPSA) is 70.5 Å². The van der Waals surface area contributed by atoms with Gasteiger partial charge >= 0.3 is 0 Å². The Hall–Kier alpha value is -4.18. The van der Waals surface area contributed by atoms with Crippen LogP contribution in [0.3, 0.4) is 0 Å². The maximum absolute atomic E-state index is 6.26. The number of nitrogens with two attached hydrogens (primary N) is 2. The third kappa shape index (κ3) is 6.36. The van der Waals surface area contributed by atoms with E-state index in [0.29, 0.717) is 16.7 Å². The van der Waals surface area contributed by atoms with Crippen molar-refractivity contribution >= 4 is 11.4 Å². The Bertz CT molecular complexity index is 1890. The van der Waals surface area contributed by atoms with Gasteiger partial charge < -0.3 is 20.9 Å². The van der Waals surface area contributed by atoms with E-state index in [1.165, 1.54) is 68.9 Å². The number of hydrogen-bond donors (Lipinski definition) is 2. The SMILES string of the molecule is CC(C)CCCC(C)C1CCC2C3C=CC4CC(c5ccc(Oc6ccc(N)cc6)cc5)(c5ccc(Oc6ccc(N)cc6)cc5)CCC45CC(CC12C)C35. The molecule has 4 saturated carbocycles. The zero-order chi connectivity index (χ0) is 38.0. The number of fused-ring (bicyclic) bond motifs is 2. The second kappa shape index (κ2) is 14.1. The molecule has 9 rings (SSSR count). The first kappa shape index (κ1) is 36.5. The molecule has 0 bridgehead atoms. The highest BCUT2D eigenvalue weighted by atomic mass is 16.5. The first-order chi connectivity index (χ1) is 26.6. The molecule has 5 aliphatic rings. The van der Waals surface area contributed by atoms with Crippen molar-refractivity contribution in [3.8, 4) is 23.0 Å². The molecule has 0 aliphatic heterocycles. The highest BCUT2D eigenvalue weighted by Gasteiger charge is 2.70. The monoisotopic (exact) mass is 734 g/mol. The van der Waals surface area contributed by atoms with Gasteiger partial charge in [-0.25, -0.2) is 0 Å². The van der Waals surface area contributed by atoms with Crippen LogP contribution in [0, 0.1) is 58.2 Å². The van der Waals surface area contributed by atoms with Crippen molar-refractivity contribution < 1.29 is 9.47 Å². The summed E-state index contributed by atoms with van der Waals surface area (Å²) in [6.07, 6.45) is 19.1. The van der Waals surface area contributed by atoms with Crippen LogP contribution >= 0.6 is 0 Å². The number of rotatable bonds is 11. The Morgan fingerprint density at radius 2 is 1.18 bits per heavy atom. The van der Waals surface area contributed by atoms with Gasteiger partial charge in [0.15, 0.2) is 0 Å². The minimum atomic E-state index is -0.0926. The number of benzene rings is 4. The Kier molecular flexibility index (Phi) is 9.34. The summed E-state index contributed by atoms with van der Waals surface area (Å²) in [5.74, 6) is 9.82. The van der Waals surface area contributed by atoms with Gasteiger partial charge in [-0.05, 0) is 187 Å². The van der Waals surface area contributed by atoms with Crippen LogP contribution in [-0.2, 0) is 5.41 Å². The van der Waals surface area contributed by atoms with Gasteiger partial charge in [0.25, 0.3) is 0 Å². The van der Waals surface area contributed by atoms with Crippen molar-refractivity contribution in [2.75, 3.05) is 11.5 Å². The van der Waals surface area contributed by atoms with Crippen LogP contribution in [0.2, 0.25) is 0 Å². The molecule has 0 heterocycles. The lowest BCUT2D eigenvalue weighted by atomic mass is 9.33. The Morgan fingerprint density at radius 1 is 0.636 bits per heavy atom. The average molecular weight is 735 g/mol. The molecule has 4 N–H and O–H groups in total. The van der Waals surface area contributed by atoms with Crippen LogP contribution in [0.15, 0.2) is 109 Å². The van der Waals surface area contributed by atoms with E-state index in [4.69, 9.17) is 20.9 Å². The molecule has 4 aromatic rings. The zero-order valence-corrected chi connectivity index (χ0v) is 33.6. The van der Waals surface area contributed by atoms with Crippen LogP contribution in [0.5, 0.6) is 23.0 Å². The number of anilines is 2. The Morgan fingerprint density at radius 3 is 1.73 bits per heavy atom. The van der Waals surface area contributed by atoms with Crippen molar-refractivity contribution in [1.82, 2.24) is 0 Å². The first-order valence-electron chi connectivity index (χ1n) is 21.5. The van der Waals surface area contributed by atoms with Gasteiger partial charge in [-0.15, -0.1) is 0 Å². The van der Waals surface area contributed by atoms with E-state index in [0.717, 1.165) is 82.2 Å². The average Bonchev–Trinajstić information content (AvgIpc) is 3.53. The third-order valence-corrected chi connectivity index (χ3v) is 15.9. The van der Waals surface area contributed by atoms with E-state index in [-0.39, 0.29) is 5.41 Å². The summed E-state index contributed by atoms with van der Waals surface area (Å²) in [5, 5.41) is 0. The summed E-state index contributed by atoms with van der Waals surface area (Å²) >= 11 is 0. The molecular weight excluding hydrogens is 673 g/mol. The standard InChI is InChI=1S/C51H62N2O2/c1-33(2)6-5-7-34(3)46-26-27-47-45-25-12-38-32-50(28-29-51(38)31-35(48(45)51)30-49(46,47)4,36-8-17-41(18-9-36)54-43-21-13-39(52)14-22-43)37-10-19-42(20-11-37)55-44-23-15-40(53)16-24-44/h8-25,33-35,38,45-48H,5-7,26-32,52-53H2,1-4H3. The lowest BCUT2D eigenvalue weighted by Crippen LogP contribution is -2.65. The Balaban J connectivity index is 0.997. The van der Waals surface area contributed by atoms with E-state index in [1.807, 2.05) is 48.5 Å². The van der Waals surface area contributed by atoms with E-state index in [1.54, 1.807) is 0 Å². The van der Waals surface area contributed by atoms with E-state index in [2.05, 4.69) is 88.4 Å².